The summed E-state index contributed by atoms with van der Waals surface area (Å²) in [5.41, 5.74) is 15.8. The molecule has 0 aliphatic heterocycles. The second kappa shape index (κ2) is 6.96. The minimum absolute atomic E-state index is 0.0576. The molecule has 0 bridgehead atoms. The van der Waals surface area contributed by atoms with Crippen molar-refractivity contribution < 1.29 is 9.90 Å². The predicted octanol–water partition coefficient (Wildman–Crippen LogP) is -1.37. The second-order valence-electron chi connectivity index (χ2n) is 2.89. The number of carbonyl (C=O) groups is 1. The van der Waals surface area contributed by atoms with E-state index in [0.29, 0.717) is 13.0 Å². The summed E-state index contributed by atoms with van der Waals surface area (Å²) in [5.74, 6) is 0.0576. The average Bonchev–Trinajstić information content (AvgIpc) is 2.08. The molecule has 7 nitrogen and oxygen atoms in total. The molecule has 0 fully saturated rings. The molecule has 0 unspecified atom stereocenters. The van der Waals surface area contributed by atoms with Gasteiger partial charge >= 0.3 is 6.09 Å². The van der Waals surface area contributed by atoms with E-state index >= 15 is 0 Å². The third-order valence-electron chi connectivity index (χ3n) is 1.54. The van der Waals surface area contributed by atoms with E-state index in [1.807, 2.05) is 0 Å². The van der Waals surface area contributed by atoms with Gasteiger partial charge < -0.3 is 27.6 Å². The van der Waals surface area contributed by atoms with Crippen LogP contribution in [-0.4, -0.2) is 36.3 Å². The Hall–Kier alpha value is -1.50. The molecule has 0 saturated heterocycles. The quantitative estimate of drug-likeness (QED) is 0.206. The molecular formula is C7H17N5O2. The maximum absolute atomic E-state index is 10.1. The number of carboxylic acid groups (broad SMARTS) is 1. The Labute approximate surface area is 82.3 Å². The molecule has 1 atom stereocenters. The van der Waals surface area contributed by atoms with Crippen molar-refractivity contribution in [1.29, 1.82) is 0 Å². The summed E-state index contributed by atoms with van der Waals surface area (Å²) in [5, 5.41) is 10.5. The summed E-state index contributed by atoms with van der Waals surface area (Å²) in [7, 11) is 0. The third kappa shape index (κ3) is 8.60. The van der Waals surface area contributed by atoms with Gasteiger partial charge in [0.05, 0.1) is 0 Å². The zero-order valence-corrected chi connectivity index (χ0v) is 7.94. The van der Waals surface area contributed by atoms with Crippen LogP contribution in [0.1, 0.15) is 12.8 Å². The Bertz CT molecular complexity index is 202. The van der Waals surface area contributed by atoms with Crippen LogP contribution in [0.2, 0.25) is 0 Å². The molecule has 0 rings (SSSR count). The van der Waals surface area contributed by atoms with Gasteiger partial charge in [-0.3, -0.25) is 4.99 Å². The summed E-state index contributed by atoms with van der Waals surface area (Å²) in [6.07, 6.45) is 0.349. The highest BCUT2D eigenvalue weighted by molar-refractivity contribution is 5.75. The van der Waals surface area contributed by atoms with Crippen LogP contribution in [0.25, 0.3) is 0 Å². The summed E-state index contributed by atoms with van der Waals surface area (Å²) < 4.78 is 0. The fourth-order valence-electron chi connectivity index (χ4n) is 0.882. The van der Waals surface area contributed by atoms with E-state index in [2.05, 4.69) is 10.3 Å². The van der Waals surface area contributed by atoms with Crippen molar-refractivity contribution in [2.75, 3.05) is 13.1 Å². The standard InChI is InChI=1S/C7H17N5O2/c8-5(4-12-7(13)14)2-1-3-11-6(9)10/h5,12H,1-4,8H2,(H,13,14)(H4,9,10,11)/t5-/m0/s1. The van der Waals surface area contributed by atoms with Crippen LogP contribution in [-0.2, 0) is 0 Å². The smallest absolute Gasteiger partial charge is 0.404 e. The highest BCUT2D eigenvalue weighted by atomic mass is 16.4. The van der Waals surface area contributed by atoms with Crippen LogP contribution in [0.4, 0.5) is 4.79 Å². The fourth-order valence-corrected chi connectivity index (χ4v) is 0.882. The SMILES string of the molecule is NC(N)=NCCC[C@H](N)CNC(=O)O. The van der Waals surface area contributed by atoms with Crippen LogP contribution in [0.3, 0.4) is 0 Å². The molecule has 82 valence electrons. The van der Waals surface area contributed by atoms with Crippen molar-refractivity contribution in [2.24, 2.45) is 22.2 Å². The van der Waals surface area contributed by atoms with Gasteiger partial charge in [0.15, 0.2) is 5.96 Å². The first-order chi connectivity index (χ1) is 6.52. The van der Waals surface area contributed by atoms with Gasteiger partial charge in [-0.1, -0.05) is 0 Å². The molecule has 0 aromatic rings. The lowest BCUT2D eigenvalue weighted by Crippen LogP contribution is -2.36. The maximum Gasteiger partial charge on any atom is 0.404 e. The van der Waals surface area contributed by atoms with Crippen LogP contribution in [0, 0.1) is 0 Å². The molecule has 0 aromatic carbocycles. The van der Waals surface area contributed by atoms with Gasteiger partial charge in [0, 0.05) is 19.1 Å². The van der Waals surface area contributed by atoms with Gasteiger partial charge in [-0.2, -0.15) is 0 Å². The topological polar surface area (TPSA) is 140 Å². The number of amides is 1. The molecule has 0 aromatic heterocycles. The van der Waals surface area contributed by atoms with Crippen molar-refractivity contribution in [1.82, 2.24) is 5.32 Å². The highest BCUT2D eigenvalue weighted by Crippen LogP contribution is 1.93. The second-order valence-corrected chi connectivity index (χ2v) is 2.89. The first-order valence-electron chi connectivity index (χ1n) is 4.30. The molecule has 0 saturated carbocycles. The van der Waals surface area contributed by atoms with E-state index in [0.717, 1.165) is 6.42 Å². The normalized spacial score (nSPS) is 11.8. The zero-order valence-electron chi connectivity index (χ0n) is 7.94. The number of nitrogens with one attached hydrogen (secondary N) is 1. The first kappa shape index (κ1) is 12.5. The summed E-state index contributed by atoms with van der Waals surface area (Å²) in [6.45, 7) is 0.764. The van der Waals surface area contributed by atoms with Crippen molar-refractivity contribution in [2.45, 2.75) is 18.9 Å². The van der Waals surface area contributed by atoms with Crippen molar-refractivity contribution >= 4 is 12.1 Å². The molecule has 7 heteroatoms. The molecule has 0 radical (unpaired) electrons. The van der Waals surface area contributed by atoms with Gasteiger partial charge in [0.2, 0.25) is 0 Å². The van der Waals surface area contributed by atoms with E-state index < -0.39 is 6.09 Å². The Morgan fingerprint density at radius 3 is 2.64 bits per heavy atom. The first-order valence-corrected chi connectivity index (χ1v) is 4.30. The molecule has 0 spiro atoms. The molecule has 0 aliphatic carbocycles. The largest absolute Gasteiger partial charge is 0.465 e. The van der Waals surface area contributed by atoms with Gasteiger partial charge in [-0.25, -0.2) is 4.79 Å². The van der Waals surface area contributed by atoms with E-state index in [1.165, 1.54) is 0 Å². The Morgan fingerprint density at radius 2 is 2.14 bits per heavy atom. The van der Waals surface area contributed by atoms with Crippen molar-refractivity contribution in [3.63, 3.8) is 0 Å². The average molecular weight is 203 g/mol. The lowest BCUT2D eigenvalue weighted by atomic mass is 10.2. The summed E-state index contributed by atoms with van der Waals surface area (Å²) in [4.78, 5) is 13.9. The highest BCUT2D eigenvalue weighted by Gasteiger charge is 2.03. The van der Waals surface area contributed by atoms with Gasteiger partial charge in [0.25, 0.3) is 0 Å². The number of nitrogens with two attached hydrogens (primary N) is 3. The third-order valence-corrected chi connectivity index (χ3v) is 1.54. The minimum atomic E-state index is -1.07. The summed E-state index contributed by atoms with van der Waals surface area (Å²) >= 11 is 0. The molecule has 8 N–H and O–H groups in total. The minimum Gasteiger partial charge on any atom is -0.465 e. The number of rotatable bonds is 6. The number of hydrogen-bond donors (Lipinski definition) is 5. The lowest BCUT2D eigenvalue weighted by molar-refractivity contribution is 0.193. The Balaban J connectivity index is 3.40. The zero-order chi connectivity index (χ0) is 11.0. The Kier molecular flexibility index (Phi) is 6.21. The van der Waals surface area contributed by atoms with Crippen molar-refractivity contribution in [3.05, 3.63) is 0 Å². The molecular weight excluding hydrogens is 186 g/mol. The number of nitrogens with zero attached hydrogens (tertiary/aromatic N) is 1. The summed E-state index contributed by atoms with van der Waals surface area (Å²) in [6, 6.07) is -0.194. The fraction of sp³-hybridized carbons (Fsp3) is 0.714. The van der Waals surface area contributed by atoms with Crippen LogP contribution >= 0.6 is 0 Å². The van der Waals surface area contributed by atoms with E-state index in [9.17, 15) is 4.79 Å². The van der Waals surface area contributed by atoms with E-state index in [-0.39, 0.29) is 18.5 Å². The predicted molar refractivity (Wildman–Crippen MR) is 53.9 cm³/mol. The monoisotopic (exact) mass is 203 g/mol. The molecule has 1 amide bonds. The van der Waals surface area contributed by atoms with E-state index in [1.54, 1.807) is 0 Å². The van der Waals surface area contributed by atoms with E-state index in [4.69, 9.17) is 22.3 Å². The lowest BCUT2D eigenvalue weighted by Gasteiger charge is -2.09. The molecule has 14 heavy (non-hydrogen) atoms. The van der Waals surface area contributed by atoms with Crippen molar-refractivity contribution in [3.8, 4) is 0 Å². The maximum atomic E-state index is 10.1. The van der Waals surface area contributed by atoms with Gasteiger partial charge in [0.1, 0.15) is 0 Å². The number of aliphatic imine (C=N–C) groups is 1. The number of hydrogen-bond acceptors (Lipinski definition) is 3. The Morgan fingerprint density at radius 1 is 1.50 bits per heavy atom. The number of guanidine groups is 1. The van der Waals surface area contributed by atoms with Crippen LogP contribution in [0.5, 0.6) is 0 Å². The van der Waals surface area contributed by atoms with Gasteiger partial charge in [-0.15, -0.1) is 0 Å². The molecule has 0 aliphatic rings. The van der Waals surface area contributed by atoms with Crippen LogP contribution < -0.4 is 22.5 Å². The van der Waals surface area contributed by atoms with Gasteiger partial charge in [-0.05, 0) is 12.8 Å². The molecule has 0 heterocycles. The van der Waals surface area contributed by atoms with Crippen LogP contribution in [0.15, 0.2) is 4.99 Å².